The molecule has 1 aliphatic rings. The Labute approximate surface area is 87.8 Å². The first-order chi connectivity index (χ1) is 6.77. The molecule has 76 valence electrons. The average molecular weight is 210 g/mol. The Hall–Kier alpha value is -0.900. The predicted octanol–water partition coefficient (Wildman–Crippen LogP) is 2.02. The van der Waals surface area contributed by atoms with Crippen LogP contribution >= 0.6 is 11.3 Å². The number of thiazole rings is 1. The Morgan fingerprint density at radius 3 is 2.86 bits per heavy atom. The fourth-order valence-electron chi connectivity index (χ4n) is 1.69. The summed E-state index contributed by atoms with van der Waals surface area (Å²) in [5.74, 6) is 0.854. The number of rotatable bonds is 1. The highest BCUT2D eigenvalue weighted by atomic mass is 32.1. The third kappa shape index (κ3) is 1.95. The van der Waals surface area contributed by atoms with Gasteiger partial charge in [0.05, 0.1) is 5.51 Å². The lowest BCUT2D eigenvalue weighted by atomic mass is 9.99. The number of nitrogens with zero attached hydrogens (tertiary/aromatic N) is 2. The Kier molecular flexibility index (Phi) is 2.82. The summed E-state index contributed by atoms with van der Waals surface area (Å²) >= 11 is 1.47. The highest BCUT2D eigenvalue weighted by Crippen LogP contribution is 2.17. The van der Waals surface area contributed by atoms with Crippen LogP contribution in [0.4, 0.5) is 0 Å². The van der Waals surface area contributed by atoms with Gasteiger partial charge < -0.3 is 4.90 Å². The molecule has 0 unspecified atom stereocenters. The summed E-state index contributed by atoms with van der Waals surface area (Å²) in [7, 11) is 0. The molecule has 2 rings (SSSR count). The van der Waals surface area contributed by atoms with E-state index < -0.39 is 0 Å². The first kappa shape index (κ1) is 9.65. The molecule has 4 heteroatoms. The van der Waals surface area contributed by atoms with Crippen LogP contribution in [0, 0.1) is 5.92 Å². The fraction of sp³-hybridized carbons (Fsp3) is 0.600. The van der Waals surface area contributed by atoms with Gasteiger partial charge in [-0.1, -0.05) is 6.92 Å². The number of carbonyl (C=O) groups is 1. The minimum atomic E-state index is 0.0955. The number of hydrogen-bond donors (Lipinski definition) is 0. The molecule has 0 aliphatic carbocycles. The van der Waals surface area contributed by atoms with Gasteiger partial charge in [0.2, 0.25) is 0 Å². The number of likely N-dealkylation sites (tertiary alicyclic amines) is 1. The van der Waals surface area contributed by atoms with E-state index in [4.69, 9.17) is 0 Å². The summed E-state index contributed by atoms with van der Waals surface area (Å²) in [5, 5.41) is 1.82. The monoisotopic (exact) mass is 210 g/mol. The van der Waals surface area contributed by atoms with Gasteiger partial charge in [-0.25, -0.2) is 4.98 Å². The van der Waals surface area contributed by atoms with E-state index in [9.17, 15) is 4.79 Å². The molecule has 1 aliphatic heterocycles. The average Bonchev–Trinajstić information content (AvgIpc) is 2.71. The van der Waals surface area contributed by atoms with Gasteiger partial charge in [-0.15, -0.1) is 11.3 Å². The van der Waals surface area contributed by atoms with Gasteiger partial charge in [0, 0.05) is 18.5 Å². The first-order valence-electron chi connectivity index (χ1n) is 4.95. The molecular weight excluding hydrogens is 196 g/mol. The molecule has 1 aromatic heterocycles. The number of hydrogen-bond acceptors (Lipinski definition) is 3. The van der Waals surface area contributed by atoms with Crippen molar-refractivity contribution in [1.82, 2.24) is 9.88 Å². The minimum Gasteiger partial charge on any atom is -0.337 e. The molecule has 1 fully saturated rings. The van der Waals surface area contributed by atoms with E-state index >= 15 is 0 Å². The van der Waals surface area contributed by atoms with Crippen molar-refractivity contribution in [2.45, 2.75) is 19.8 Å². The maximum absolute atomic E-state index is 11.8. The standard InChI is InChI=1S/C10H14N2OS/c1-8-2-4-12(5-3-8)10(13)9-6-14-7-11-9/h6-8H,2-5H2,1H3. The summed E-state index contributed by atoms with van der Waals surface area (Å²) in [5.41, 5.74) is 2.31. The zero-order chi connectivity index (χ0) is 9.97. The molecule has 0 aromatic carbocycles. The van der Waals surface area contributed by atoms with Crippen molar-refractivity contribution in [3.63, 3.8) is 0 Å². The van der Waals surface area contributed by atoms with Crippen LogP contribution in [0.15, 0.2) is 10.9 Å². The molecule has 0 N–H and O–H groups in total. The molecule has 1 aromatic rings. The smallest absolute Gasteiger partial charge is 0.273 e. The van der Waals surface area contributed by atoms with Crippen molar-refractivity contribution in [2.75, 3.05) is 13.1 Å². The molecule has 1 amide bonds. The number of piperidine rings is 1. The second-order valence-electron chi connectivity index (χ2n) is 3.85. The van der Waals surface area contributed by atoms with E-state index in [2.05, 4.69) is 11.9 Å². The second kappa shape index (κ2) is 4.09. The molecule has 0 atom stereocenters. The van der Waals surface area contributed by atoms with Crippen LogP contribution in [0.5, 0.6) is 0 Å². The van der Waals surface area contributed by atoms with E-state index in [1.165, 1.54) is 11.3 Å². The molecule has 1 saturated heterocycles. The van der Waals surface area contributed by atoms with Crippen molar-refractivity contribution >= 4 is 17.2 Å². The van der Waals surface area contributed by atoms with E-state index in [1.807, 2.05) is 10.3 Å². The third-order valence-electron chi connectivity index (χ3n) is 2.72. The van der Waals surface area contributed by atoms with Gasteiger partial charge in [0.1, 0.15) is 5.69 Å². The van der Waals surface area contributed by atoms with E-state index in [0.29, 0.717) is 5.69 Å². The maximum atomic E-state index is 11.8. The zero-order valence-electron chi connectivity index (χ0n) is 8.27. The van der Waals surface area contributed by atoms with Crippen molar-refractivity contribution < 1.29 is 4.79 Å². The summed E-state index contributed by atoms with van der Waals surface area (Å²) in [6, 6.07) is 0. The lowest BCUT2D eigenvalue weighted by Crippen LogP contribution is -2.38. The van der Waals surface area contributed by atoms with E-state index in [-0.39, 0.29) is 5.91 Å². The highest BCUT2D eigenvalue weighted by molar-refractivity contribution is 7.07. The van der Waals surface area contributed by atoms with Gasteiger partial charge in [-0.3, -0.25) is 4.79 Å². The number of aromatic nitrogens is 1. The second-order valence-corrected chi connectivity index (χ2v) is 4.57. The van der Waals surface area contributed by atoms with Gasteiger partial charge in [0.25, 0.3) is 5.91 Å². The van der Waals surface area contributed by atoms with Crippen LogP contribution in [0.3, 0.4) is 0 Å². The summed E-state index contributed by atoms with van der Waals surface area (Å²) < 4.78 is 0. The van der Waals surface area contributed by atoms with Crippen molar-refractivity contribution in [3.05, 3.63) is 16.6 Å². The van der Waals surface area contributed by atoms with Crippen LogP contribution < -0.4 is 0 Å². The number of amides is 1. The fourth-order valence-corrected chi connectivity index (χ4v) is 2.22. The van der Waals surface area contributed by atoms with E-state index in [0.717, 1.165) is 31.8 Å². The Morgan fingerprint density at radius 1 is 1.57 bits per heavy atom. The first-order valence-corrected chi connectivity index (χ1v) is 5.89. The van der Waals surface area contributed by atoms with E-state index in [1.54, 1.807) is 5.51 Å². The lowest BCUT2D eigenvalue weighted by Gasteiger charge is -2.29. The zero-order valence-corrected chi connectivity index (χ0v) is 9.09. The third-order valence-corrected chi connectivity index (χ3v) is 3.31. The summed E-state index contributed by atoms with van der Waals surface area (Å²) in [4.78, 5) is 17.8. The molecular formula is C10H14N2OS. The molecule has 0 spiro atoms. The van der Waals surface area contributed by atoms with Crippen molar-refractivity contribution in [3.8, 4) is 0 Å². The predicted molar refractivity (Wildman–Crippen MR) is 56.4 cm³/mol. The topological polar surface area (TPSA) is 33.2 Å². The molecule has 2 heterocycles. The van der Waals surface area contributed by atoms with Gasteiger partial charge in [-0.2, -0.15) is 0 Å². The van der Waals surface area contributed by atoms with Crippen LogP contribution in [0.2, 0.25) is 0 Å². The van der Waals surface area contributed by atoms with Crippen LogP contribution in [0.25, 0.3) is 0 Å². The summed E-state index contributed by atoms with van der Waals surface area (Å²) in [6.07, 6.45) is 2.24. The van der Waals surface area contributed by atoms with Gasteiger partial charge in [-0.05, 0) is 18.8 Å². The molecule has 0 saturated carbocycles. The van der Waals surface area contributed by atoms with Gasteiger partial charge >= 0.3 is 0 Å². The Bertz CT molecular complexity index is 302. The Morgan fingerprint density at radius 2 is 2.29 bits per heavy atom. The number of carbonyl (C=O) groups excluding carboxylic acids is 1. The quantitative estimate of drug-likeness (QED) is 0.710. The van der Waals surface area contributed by atoms with Gasteiger partial charge in [0.15, 0.2) is 0 Å². The summed E-state index contributed by atoms with van der Waals surface area (Å²) in [6.45, 7) is 4.01. The molecule has 0 bridgehead atoms. The molecule has 14 heavy (non-hydrogen) atoms. The molecule has 0 radical (unpaired) electrons. The SMILES string of the molecule is CC1CCN(C(=O)c2cscn2)CC1. The van der Waals surface area contributed by atoms with Crippen LogP contribution in [-0.4, -0.2) is 28.9 Å². The highest BCUT2D eigenvalue weighted by Gasteiger charge is 2.22. The van der Waals surface area contributed by atoms with Crippen molar-refractivity contribution in [1.29, 1.82) is 0 Å². The van der Waals surface area contributed by atoms with Crippen molar-refractivity contribution in [2.24, 2.45) is 5.92 Å². The normalized spacial score (nSPS) is 18.5. The maximum Gasteiger partial charge on any atom is 0.273 e. The lowest BCUT2D eigenvalue weighted by molar-refractivity contribution is 0.0692. The minimum absolute atomic E-state index is 0.0955. The van der Waals surface area contributed by atoms with Crippen LogP contribution in [-0.2, 0) is 0 Å². The van der Waals surface area contributed by atoms with Crippen LogP contribution in [0.1, 0.15) is 30.3 Å². The molecule has 3 nitrogen and oxygen atoms in total. The largest absolute Gasteiger partial charge is 0.337 e. The Balaban J connectivity index is 1.99.